The molecule has 0 saturated carbocycles. The van der Waals surface area contributed by atoms with Gasteiger partial charge in [-0.3, -0.25) is 4.79 Å². The van der Waals surface area contributed by atoms with Crippen molar-refractivity contribution >= 4 is 5.78 Å². The molecule has 0 spiro atoms. The number of carbonyl (C=O) groups excluding carboxylic acids is 1. The van der Waals surface area contributed by atoms with E-state index < -0.39 is 0 Å². The van der Waals surface area contributed by atoms with E-state index in [-0.39, 0.29) is 5.78 Å². The minimum absolute atomic E-state index is 0.260. The molecule has 0 radical (unpaired) electrons. The van der Waals surface area contributed by atoms with E-state index in [4.69, 9.17) is 4.74 Å². The lowest BCUT2D eigenvalue weighted by molar-refractivity contribution is -0.118. The molecular weight excluding hydrogens is 296 g/mol. The summed E-state index contributed by atoms with van der Waals surface area (Å²) in [6, 6.07) is 27.5. The highest BCUT2D eigenvalue weighted by molar-refractivity contribution is 5.81. The molecule has 3 rings (SSSR count). The Hall–Kier alpha value is -2.87. The maximum atomic E-state index is 12.1. The molecule has 0 amide bonds. The topological polar surface area (TPSA) is 26.3 Å². The van der Waals surface area contributed by atoms with Gasteiger partial charge in [0.2, 0.25) is 0 Å². The van der Waals surface area contributed by atoms with Gasteiger partial charge in [0.15, 0.2) is 0 Å². The molecule has 0 unspecified atom stereocenters. The van der Waals surface area contributed by atoms with Crippen LogP contribution >= 0.6 is 0 Å². The molecule has 2 nitrogen and oxygen atoms in total. The molecule has 0 atom stereocenters. The van der Waals surface area contributed by atoms with Gasteiger partial charge in [-0.15, -0.1) is 0 Å². The number of carbonyl (C=O) groups is 1. The van der Waals surface area contributed by atoms with Gasteiger partial charge in [0, 0.05) is 12.8 Å². The Morgan fingerprint density at radius 2 is 1.25 bits per heavy atom. The Morgan fingerprint density at radius 1 is 0.667 bits per heavy atom. The van der Waals surface area contributed by atoms with Gasteiger partial charge in [0.05, 0.1) is 0 Å². The maximum Gasteiger partial charge on any atom is 0.137 e. The van der Waals surface area contributed by atoms with Gasteiger partial charge in [-0.25, -0.2) is 0 Å². The van der Waals surface area contributed by atoms with E-state index in [9.17, 15) is 4.79 Å². The molecule has 0 fully saturated rings. The van der Waals surface area contributed by atoms with Gasteiger partial charge < -0.3 is 4.74 Å². The first kappa shape index (κ1) is 16.0. The molecule has 0 aliphatic heterocycles. The molecular formula is C22H20O2. The average Bonchev–Trinajstić information content (AvgIpc) is 2.63. The SMILES string of the molecule is O=C(CCc1ccccc1)Cc1ccc(Oc2ccccc2)cc1. The van der Waals surface area contributed by atoms with Crippen molar-refractivity contribution in [3.05, 3.63) is 96.1 Å². The zero-order valence-electron chi connectivity index (χ0n) is 13.5. The standard InChI is InChI=1S/C22H20O2/c23-20(14-11-18-7-3-1-4-8-18)17-19-12-15-22(16-13-19)24-21-9-5-2-6-10-21/h1-10,12-13,15-16H,11,14,17H2. The maximum absolute atomic E-state index is 12.1. The molecule has 2 heteroatoms. The lowest BCUT2D eigenvalue weighted by Crippen LogP contribution is -2.04. The van der Waals surface area contributed by atoms with Gasteiger partial charge in [-0.2, -0.15) is 0 Å². The van der Waals surface area contributed by atoms with Crippen molar-refractivity contribution in [2.45, 2.75) is 19.3 Å². The first-order valence-corrected chi connectivity index (χ1v) is 8.17. The summed E-state index contributed by atoms with van der Waals surface area (Å²) in [6.45, 7) is 0. The summed E-state index contributed by atoms with van der Waals surface area (Å²) in [5, 5.41) is 0. The molecule has 0 aliphatic carbocycles. The van der Waals surface area contributed by atoms with Crippen LogP contribution in [0.4, 0.5) is 0 Å². The fourth-order valence-electron chi connectivity index (χ4n) is 2.54. The number of hydrogen-bond donors (Lipinski definition) is 0. The van der Waals surface area contributed by atoms with Crippen molar-refractivity contribution in [2.75, 3.05) is 0 Å². The fourth-order valence-corrected chi connectivity index (χ4v) is 2.54. The van der Waals surface area contributed by atoms with Crippen LogP contribution < -0.4 is 4.74 Å². The van der Waals surface area contributed by atoms with Gasteiger partial charge in [-0.05, 0) is 41.8 Å². The zero-order valence-corrected chi connectivity index (χ0v) is 13.5. The lowest BCUT2D eigenvalue weighted by Gasteiger charge is -2.07. The van der Waals surface area contributed by atoms with Crippen LogP contribution in [0.3, 0.4) is 0 Å². The Morgan fingerprint density at radius 3 is 1.92 bits per heavy atom. The summed E-state index contributed by atoms with van der Waals surface area (Å²) < 4.78 is 5.76. The number of rotatable bonds is 7. The minimum Gasteiger partial charge on any atom is -0.457 e. The Balaban J connectivity index is 1.51. The van der Waals surface area contributed by atoms with Gasteiger partial charge in [-0.1, -0.05) is 60.7 Å². The van der Waals surface area contributed by atoms with E-state index >= 15 is 0 Å². The number of hydrogen-bond acceptors (Lipinski definition) is 2. The number of para-hydroxylation sites is 1. The normalized spacial score (nSPS) is 10.3. The Bertz CT molecular complexity index is 762. The van der Waals surface area contributed by atoms with Gasteiger partial charge in [0.1, 0.15) is 17.3 Å². The van der Waals surface area contributed by atoms with Crippen LogP contribution in [-0.2, 0) is 17.6 Å². The van der Waals surface area contributed by atoms with Crippen molar-refractivity contribution in [1.29, 1.82) is 0 Å². The van der Waals surface area contributed by atoms with Gasteiger partial charge >= 0.3 is 0 Å². The predicted molar refractivity (Wildman–Crippen MR) is 96.4 cm³/mol. The quantitative estimate of drug-likeness (QED) is 0.597. The van der Waals surface area contributed by atoms with Crippen molar-refractivity contribution in [3.8, 4) is 11.5 Å². The highest BCUT2D eigenvalue weighted by atomic mass is 16.5. The smallest absolute Gasteiger partial charge is 0.137 e. The molecule has 24 heavy (non-hydrogen) atoms. The van der Waals surface area contributed by atoms with Crippen LogP contribution in [0.5, 0.6) is 11.5 Å². The van der Waals surface area contributed by atoms with E-state index in [2.05, 4.69) is 12.1 Å². The number of aryl methyl sites for hydroxylation is 1. The van der Waals surface area contributed by atoms with E-state index in [1.54, 1.807) is 0 Å². The second kappa shape index (κ2) is 8.11. The molecule has 0 N–H and O–H groups in total. The van der Waals surface area contributed by atoms with Crippen LogP contribution in [0, 0.1) is 0 Å². The number of ether oxygens (including phenoxy) is 1. The Labute approximate surface area is 142 Å². The number of Topliss-reactive ketones (excluding diaryl/α,β-unsaturated/α-hetero) is 1. The minimum atomic E-state index is 0.260. The van der Waals surface area contributed by atoms with E-state index in [0.717, 1.165) is 23.5 Å². The predicted octanol–water partition coefficient (Wildman–Crippen LogP) is 5.22. The van der Waals surface area contributed by atoms with E-state index in [1.807, 2.05) is 72.8 Å². The molecule has 0 heterocycles. The van der Waals surface area contributed by atoms with Gasteiger partial charge in [0.25, 0.3) is 0 Å². The number of benzene rings is 3. The third-order valence-electron chi connectivity index (χ3n) is 3.84. The summed E-state index contributed by atoms with van der Waals surface area (Å²) >= 11 is 0. The summed E-state index contributed by atoms with van der Waals surface area (Å²) in [5.41, 5.74) is 2.23. The van der Waals surface area contributed by atoms with E-state index in [0.29, 0.717) is 12.8 Å². The fraction of sp³-hybridized carbons (Fsp3) is 0.136. The summed E-state index contributed by atoms with van der Waals surface area (Å²) in [7, 11) is 0. The van der Waals surface area contributed by atoms with Crippen molar-refractivity contribution < 1.29 is 9.53 Å². The first-order chi connectivity index (χ1) is 11.8. The summed E-state index contributed by atoms with van der Waals surface area (Å²) in [4.78, 5) is 12.1. The second-order valence-corrected chi connectivity index (χ2v) is 5.76. The largest absolute Gasteiger partial charge is 0.457 e. The zero-order chi connectivity index (χ0) is 16.6. The molecule has 0 aliphatic rings. The third-order valence-corrected chi connectivity index (χ3v) is 3.84. The van der Waals surface area contributed by atoms with Crippen molar-refractivity contribution in [3.63, 3.8) is 0 Å². The molecule has 3 aromatic carbocycles. The molecule has 0 bridgehead atoms. The number of ketones is 1. The molecule has 120 valence electrons. The first-order valence-electron chi connectivity index (χ1n) is 8.17. The molecule has 0 aromatic heterocycles. The monoisotopic (exact) mass is 316 g/mol. The third kappa shape index (κ3) is 4.82. The highest BCUT2D eigenvalue weighted by Crippen LogP contribution is 2.21. The van der Waals surface area contributed by atoms with Crippen LogP contribution in [-0.4, -0.2) is 5.78 Å². The second-order valence-electron chi connectivity index (χ2n) is 5.76. The van der Waals surface area contributed by atoms with Crippen LogP contribution in [0.25, 0.3) is 0 Å². The van der Waals surface area contributed by atoms with Crippen LogP contribution in [0.15, 0.2) is 84.9 Å². The van der Waals surface area contributed by atoms with E-state index in [1.165, 1.54) is 5.56 Å². The molecule has 3 aromatic rings. The summed E-state index contributed by atoms with van der Waals surface area (Å²) in [6.07, 6.45) is 1.85. The molecule has 0 saturated heterocycles. The lowest BCUT2D eigenvalue weighted by atomic mass is 10.0. The average molecular weight is 316 g/mol. The Kier molecular flexibility index (Phi) is 5.41. The van der Waals surface area contributed by atoms with Crippen molar-refractivity contribution in [2.24, 2.45) is 0 Å². The van der Waals surface area contributed by atoms with Crippen LogP contribution in [0.2, 0.25) is 0 Å². The highest BCUT2D eigenvalue weighted by Gasteiger charge is 2.05. The summed E-state index contributed by atoms with van der Waals surface area (Å²) in [5.74, 6) is 1.85. The van der Waals surface area contributed by atoms with Crippen molar-refractivity contribution in [1.82, 2.24) is 0 Å². The van der Waals surface area contributed by atoms with Crippen LogP contribution in [0.1, 0.15) is 17.5 Å².